The van der Waals surface area contributed by atoms with E-state index in [0.29, 0.717) is 26.2 Å². The number of benzene rings is 1. The molecule has 1 aromatic carbocycles. The van der Waals surface area contributed by atoms with Gasteiger partial charge < -0.3 is 14.2 Å². The molecule has 0 saturated carbocycles. The maximum atomic E-state index is 12.0. The van der Waals surface area contributed by atoms with Gasteiger partial charge in [0.15, 0.2) is 6.10 Å². The summed E-state index contributed by atoms with van der Waals surface area (Å²) in [7, 11) is 0. The van der Waals surface area contributed by atoms with Gasteiger partial charge in [-0.25, -0.2) is 4.79 Å². The Labute approximate surface area is 191 Å². The van der Waals surface area contributed by atoms with E-state index >= 15 is 0 Å². The predicted molar refractivity (Wildman–Crippen MR) is 127 cm³/mol. The van der Waals surface area contributed by atoms with Crippen molar-refractivity contribution < 1.29 is 19.0 Å². The predicted octanol–water partition coefficient (Wildman–Crippen LogP) is 6.20. The Balaban J connectivity index is 1.31. The molecule has 2 aromatic heterocycles. The zero-order valence-corrected chi connectivity index (χ0v) is 19.4. The molecular weight excluding hydrogens is 428 g/mol. The quantitative estimate of drug-likeness (QED) is 0.211. The molecule has 1 aliphatic rings. The van der Waals surface area contributed by atoms with Crippen molar-refractivity contribution in [2.45, 2.75) is 32.8 Å². The summed E-state index contributed by atoms with van der Waals surface area (Å²) < 4.78 is 16.6. The van der Waals surface area contributed by atoms with Crippen LogP contribution < -0.4 is 4.74 Å². The monoisotopic (exact) mass is 454 g/mol. The second kappa shape index (κ2) is 10.3. The van der Waals surface area contributed by atoms with E-state index in [1.165, 1.54) is 26.5 Å². The molecule has 6 heteroatoms. The third-order valence-corrected chi connectivity index (χ3v) is 7.00. The summed E-state index contributed by atoms with van der Waals surface area (Å²) in [6.07, 6.45) is 3.06. The average Bonchev–Trinajstić information content (AvgIpc) is 3.48. The molecule has 4 nitrogen and oxygen atoms in total. The number of carbonyl (C=O) groups is 1. The van der Waals surface area contributed by atoms with Crippen molar-refractivity contribution in [1.29, 1.82) is 0 Å². The molecule has 31 heavy (non-hydrogen) atoms. The number of fused-ring (bicyclic) bond motifs is 3. The third kappa shape index (κ3) is 4.92. The Hall–Kier alpha value is -2.41. The fourth-order valence-corrected chi connectivity index (χ4v) is 5.69. The lowest BCUT2D eigenvalue weighted by atomic mass is 10.1. The number of thiophene rings is 2. The number of rotatable bonds is 10. The lowest BCUT2D eigenvalue weighted by Crippen LogP contribution is -2.28. The van der Waals surface area contributed by atoms with Crippen LogP contribution >= 0.6 is 22.7 Å². The van der Waals surface area contributed by atoms with Crippen molar-refractivity contribution in [2.75, 3.05) is 19.8 Å². The van der Waals surface area contributed by atoms with E-state index in [0.717, 1.165) is 17.7 Å². The molecule has 0 aliphatic heterocycles. The van der Waals surface area contributed by atoms with Crippen LogP contribution in [0.3, 0.4) is 0 Å². The summed E-state index contributed by atoms with van der Waals surface area (Å²) in [4.78, 5) is 14.8. The number of hydrogen-bond acceptors (Lipinski definition) is 6. The van der Waals surface area contributed by atoms with Gasteiger partial charge in [-0.05, 0) is 54.4 Å². The lowest BCUT2D eigenvalue weighted by molar-refractivity contribution is -0.156. The van der Waals surface area contributed by atoms with Crippen LogP contribution in [0.2, 0.25) is 0 Å². The van der Waals surface area contributed by atoms with E-state index < -0.39 is 6.10 Å². The van der Waals surface area contributed by atoms with E-state index in [1.807, 2.05) is 31.2 Å². The van der Waals surface area contributed by atoms with Gasteiger partial charge in [0, 0.05) is 45.9 Å². The molecule has 3 aromatic rings. The van der Waals surface area contributed by atoms with Gasteiger partial charge in [-0.3, -0.25) is 0 Å². The molecule has 0 N–H and O–H groups in total. The molecular formula is C25H26O4S2. The summed E-state index contributed by atoms with van der Waals surface area (Å²) in [5, 5.41) is 4.32. The van der Waals surface area contributed by atoms with E-state index in [9.17, 15) is 4.79 Å². The molecule has 0 saturated heterocycles. The van der Waals surface area contributed by atoms with Gasteiger partial charge in [0.2, 0.25) is 0 Å². The first-order chi connectivity index (χ1) is 15.2. The first kappa shape index (κ1) is 21.8. The molecule has 1 unspecified atom stereocenters. The Morgan fingerprint density at radius 3 is 2.26 bits per heavy atom. The van der Waals surface area contributed by atoms with E-state index in [2.05, 4.69) is 29.0 Å². The first-order valence-corrected chi connectivity index (χ1v) is 12.3. The van der Waals surface area contributed by atoms with Crippen LogP contribution in [0.1, 0.15) is 35.6 Å². The average molecular weight is 455 g/mol. The van der Waals surface area contributed by atoms with Gasteiger partial charge in [-0.15, -0.1) is 22.7 Å². The Morgan fingerprint density at radius 1 is 0.968 bits per heavy atom. The van der Waals surface area contributed by atoms with E-state index in [4.69, 9.17) is 14.2 Å². The summed E-state index contributed by atoms with van der Waals surface area (Å²) in [6, 6.07) is 12.3. The van der Waals surface area contributed by atoms with Gasteiger partial charge in [-0.1, -0.05) is 18.2 Å². The van der Waals surface area contributed by atoms with Crippen LogP contribution in [0.25, 0.3) is 16.7 Å². The third-order valence-electron chi connectivity index (χ3n) is 5.11. The van der Waals surface area contributed by atoms with Gasteiger partial charge >= 0.3 is 5.97 Å². The number of ether oxygens (including phenoxy) is 3. The Kier molecular flexibility index (Phi) is 7.22. The highest BCUT2D eigenvalue weighted by atomic mass is 32.1. The Bertz CT molecular complexity index is 1000. The van der Waals surface area contributed by atoms with Crippen molar-refractivity contribution in [2.24, 2.45) is 0 Å². The van der Waals surface area contributed by atoms with Crippen LogP contribution in [0.15, 0.2) is 53.2 Å². The minimum absolute atomic E-state index is 0.313. The number of esters is 1. The summed E-state index contributed by atoms with van der Waals surface area (Å²) in [5.74, 6) is 0.513. The maximum Gasteiger partial charge on any atom is 0.335 e. The number of carbonyl (C=O) groups excluding carboxylic acids is 1. The van der Waals surface area contributed by atoms with Crippen molar-refractivity contribution >= 4 is 34.2 Å². The van der Waals surface area contributed by atoms with Crippen molar-refractivity contribution in [1.82, 2.24) is 0 Å². The van der Waals surface area contributed by atoms with Crippen LogP contribution in [0, 0.1) is 0 Å². The van der Waals surface area contributed by atoms with Crippen LogP contribution in [-0.4, -0.2) is 31.9 Å². The Morgan fingerprint density at radius 2 is 1.65 bits per heavy atom. The highest BCUT2D eigenvalue weighted by Crippen LogP contribution is 2.49. The molecule has 1 aliphatic carbocycles. The fraction of sp³-hybridized carbons (Fsp3) is 0.320. The van der Waals surface area contributed by atoms with Gasteiger partial charge in [0.25, 0.3) is 0 Å². The largest absolute Gasteiger partial charge is 0.493 e. The normalized spacial score (nSPS) is 12.9. The zero-order valence-electron chi connectivity index (χ0n) is 17.8. The van der Waals surface area contributed by atoms with E-state index in [-0.39, 0.29) is 5.97 Å². The second-order valence-electron chi connectivity index (χ2n) is 7.13. The highest BCUT2D eigenvalue weighted by molar-refractivity contribution is 7.15. The molecule has 1 atom stereocenters. The zero-order chi connectivity index (χ0) is 21.6. The summed E-state index contributed by atoms with van der Waals surface area (Å²) in [6.45, 7) is 5.12. The first-order valence-electron chi connectivity index (χ1n) is 10.6. The molecule has 162 valence electrons. The highest BCUT2D eigenvalue weighted by Gasteiger charge is 2.25. The molecule has 0 bridgehead atoms. The van der Waals surface area contributed by atoms with Gasteiger partial charge in [-0.2, -0.15) is 0 Å². The van der Waals surface area contributed by atoms with Gasteiger partial charge in [0.1, 0.15) is 5.75 Å². The molecule has 4 rings (SSSR count). The molecule has 2 heterocycles. The minimum Gasteiger partial charge on any atom is -0.493 e. The summed E-state index contributed by atoms with van der Waals surface area (Å²) >= 11 is 3.61. The minimum atomic E-state index is -0.570. The molecule has 0 radical (unpaired) electrons. The molecule has 0 fully saturated rings. The van der Waals surface area contributed by atoms with Crippen LogP contribution in [-0.2, 0) is 20.7 Å². The van der Waals surface area contributed by atoms with E-state index in [1.54, 1.807) is 29.6 Å². The summed E-state index contributed by atoms with van der Waals surface area (Å²) in [5.41, 5.74) is 5.08. The van der Waals surface area contributed by atoms with Gasteiger partial charge in [0.05, 0.1) is 13.2 Å². The fourth-order valence-electron chi connectivity index (χ4n) is 3.71. The topological polar surface area (TPSA) is 44.8 Å². The number of hydrogen-bond donors (Lipinski definition) is 0. The molecule has 0 amide bonds. The molecule has 0 spiro atoms. The van der Waals surface area contributed by atoms with Crippen molar-refractivity contribution in [3.63, 3.8) is 0 Å². The van der Waals surface area contributed by atoms with Crippen LogP contribution in [0.4, 0.5) is 0 Å². The SMILES string of the molecule is CCOC(=O)C(Cc1ccc(OCCC=C2c3sccc3-c3ccsc32)cc1)OCC. The smallest absolute Gasteiger partial charge is 0.335 e. The second-order valence-corrected chi connectivity index (χ2v) is 8.96. The standard InChI is InChI=1S/C25H26O4S2/c1-3-27-22(25(26)28-4-2)16-17-7-9-18(10-8-17)29-13-5-6-21-23-19(11-14-30-23)20-12-15-31-24(20)21/h6-12,14-15,22H,3-5,13,16H2,1-2H3. The lowest BCUT2D eigenvalue weighted by Gasteiger charge is -2.15. The van der Waals surface area contributed by atoms with Crippen molar-refractivity contribution in [3.05, 3.63) is 68.6 Å². The van der Waals surface area contributed by atoms with Crippen LogP contribution in [0.5, 0.6) is 5.75 Å². The maximum absolute atomic E-state index is 12.0. The van der Waals surface area contributed by atoms with Crippen molar-refractivity contribution in [3.8, 4) is 16.9 Å².